The third-order valence-corrected chi connectivity index (χ3v) is 6.25. The summed E-state index contributed by atoms with van der Waals surface area (Å²) in [6.07, 6.45) is 0. The van der Waals surface area contributed by atoms with Gasteiger partial charge in [-0.1, -0.05) is 31.3 Å². The van der Waals surface area contributed by atoms with Crippen LogP contribution in [-0.4, -0.2) is 30.1 Å². The number of hydrogen-bond donors (Lipinski definition) is 2. The fraction of sp³-hybridized carbons (Fsp3) is 0.471. The van der Waals surface area contributed by atoms with Crippen molar-refractivity contribution in [3.8, 4) is 0 Å². The number of nitrogens with zero attached hydrogens (tertiary/aromatic N) is 2. The lowest BCUT2D eigenvalue weighted by Crippen LogP contribution is -2.40. The first-order valence-corrected chi connectivity index (χ1v) is 10.5. The number of amides is 1. The Balaban J connectivity index is 2.30. The maximum absolute atomic E-state index is 12.6. The van der Waals surface area contributed by atoms with Crippen LogP contribution < -0.4 is 10.0 Å². The number of carbonyl (C=O) groups is 1. The first-order chi connectivity index (χ1) is 11.9. The molecule has 0 aliphatic rings. The van der Waals surface area contributed by atoms with Gasteiger partial charge in [-0.2, -0.15) is 0 Å². The lowest BCUT2D eigenvalue weighted by molar-refractivity contribution is 0.102. The molecule has 0 atom stereocenters. The van der Waals surface area contributed by atoms with Crippen LogP contribution in [0.4, 0.5) is 5.13 Å². The zero-order valence-electron chi connectivity index (χ0n) is 15.7. The zero-order valence-corrected chi connectivity index (χ0v) is 17.4. The molecule has 0 saturated carbocycles. The normalized spacial score (nSPS) is 12.4. The molecule has 0 fully saturated rings. The van der Waals surface area contributed by atoms with Crippen molar-refractivity contribution >= 4 is 32.4 Å². The van der Waals surface area contributed by atoms with E-state index in [9.17, 15) is 13.2 Å². The third-order valence-electron chi connectivity index (χ3n) is 3.36. The third kappa shape index (κ3) is 5.09. The Kier molecular flexibility index (Phi) is 5.84. The SMILES string of the molecule is Cc1ccc(S(=O)(=O)NC(C)(C)C)cc1C(=O)Nc1nnc(C(C)C)s1. The number of aromatic nitrogens is 2. The summed E-state index contributed by atoms with van der Waals surface area (Å²) in [7, 11) is -3.73. The fourth-order valence-electron chi connectivity index (χ4n) is 2.16. The number of anilines is 1. The maximum atomic E-state index is 12.6. The molecular weight excluding hydrogens is 372 g/mol. The molecule has 142 valence electrons. The van der Waals surface area contributed by atoms with Gasteiger partial charge in [0.25, 0.3) is 5.91 Å². The first-order valence-electron chi connectivity index (χ1n) is 8.18. The maximum Gasteiger partial charge on any atom is 0.257 e. The van der Waals surface area contributed by atoms with E-state index in [1.807, 2.05) is 13.8 Å². The Morgan fingerprint density at radius 1 is 1.19 bits per heavy atom. The Bertz CT molecular complexity index is 912. The highest BCUT2D eigenvalue weighted by molar-refractivity contribution is 7.89. The van der Waals surface area contributed by atoms with Gasteiger partial charge >= 0.3 is 0 Å². The van der Waals surface area contributed by atoms with Crippen molar-refractivity contribution < 1.29 is 13.2 Å². The van der Waals surface area contributed by atoms with E-state index in [1.165, 1.54) is 23.5 Å². The monoisotopic (exact) mass is 396 g/mol. The summed E-state index contributed by atoms with van der Waals surface area (Å²) in [6.45, 7) is 11.0. The molecule has 2 rings (SSSR count). The smallest absolute Gasteiger partial charge is 0.257 e. The summed E-state index contributed by atoms with van der Waals surface area (Å²) in [4.78, 5) is 12.6. The number of sulfonamides is 1. The van der Waals surface area contributed by atoms with Gasteiger partial charge in [0.2, 0.25) is 15.2 Å². The Hall–Kier alpha value is -1.84. The topological polar surface area (TPSA) is 101 Å². The van der Waals surface area contributed by atoms with Gasteiger partial charge in [-0.05, 0) is 45.4 Å². The highest BCUT2D eigenvalue weighted by Crippen LogP contribution is 2.24. The van der Waals surface area contributed by atoms with E-state index in [2.05, 4.69) is 20.2 Å². The number of rotatable bonds is 5. The van der Waals surface area contributed by atoms with Crippen molar-refractivity contribution in [1.82, 2.24) is 14.9 Å². The minimum Gasteiger partial charge on any atom is -0.296 e. The van der Waals surface area contributed by atoms with Crippen molar-refractivity contribution in [2.45, 2.75) is 57.9 Å². The predicted molar refractivity (Wildman–Crippen MR) is 103 cm³/mol. The van der Waals surface area contributed by atoms with Crippen LogP contribution in [0.25, 0.3) is 0 Å². The van der Waals surface area contributed by atoms with Crippen LogP contribution in [0.5, 0.6) is 0 Å². The molecular formula is C17H24N4O3S2. The number of benzene rings is 1. The molecule has 2 aromatic rings. The van der Waals surface area contributed by atoms with E-state index in [0.717, 1.165) is 5.01 Å². The largest absolute Gasteiger partial charge is 0.296 e. The molecule has 0 radical (unpaired) electrons. The van der Waals surface area contributed by atoms with Gasteiger partial charge in [0.1, 0.15) is 5.01 Å². The number of hydrogen-bond acceptors (Lipinski definition) is 6. The van der Waals surface area contributed by atoms with E-state index >= 15 is 0 Å². The summed E-state index contributed by atoms with van der Waals surface area (Å²) in [5.74, 6) is -0.196. The standard InChI is InChI=1S/C17H24N4O3S2/c1-10(2)15-19-20-16(25-15)18-14(22)13-9-12(8-7-11(13)3)26(23,24)21-17(4,5)6/h7-10,21H,1-6H3,(H,18,20,22). The van der Waals surface area contributed by atoms with Crippen LogP contribution in [-0.2, 0) is 10.0 Å². The molecule has 9 heteroatoms. The minimum absolute atomic E-state index is 0.0447. The number of nitrogens with one attached hydrogen (secondary N) is 2. The molecule has 0 saturated heterocycles. The quantitative estimate of drug-likeness (QED) is 0.807. The lowest BCUT2D eigenvalue weighted by atomic mass is 10.1. The molecule has 1 aromatic carbocycles. The molecule has 0 unspecified atom stereocenters. The Morgan fingerprint density at radius 3 is 2.38 bits per heavy atom. The van der Waals surface area contributed by atoms with E-state index in [-0.39, 0.29) is 16.4 Å². The van der Waals surface area contributed by atoms with Crippen LogP contribution >= 0.6 is 11.3 Å². The van der Waals surface area contributed by atoms with Crippen molar-refractivity contribution in [3.63, 3.8) is 0 Å². The summed E-state index contributed by atoms with van der Waals surface area (Å²) in [6, 6.07) is 4.48. The zero-order chi connectivity index (χ0) is 19.7. The van der Waals surface area contributed by atoms with E-state index in [1.54, 1.807) is 33.8 Å². The van der Waals surface area contributed by atoms with Crippen LogP contribution in [0.15, 0.2) is 23.1 Å². The van der Waals surface area contributed by atoms with Crippen molar-refractivity contribution in [1.29, 1.82) is 0 Å². The highest BCUT2D eigenvalue weighted by atomic mass is 32.2. The number of aryl methyl sites for hydroxylation is 1. The van der Waals surface area contributed by atoms with Crippen molar-refractivity contribution in [2.24, 2.45) is 0 Å². The molecule has 7 nitrogen and oxygen atoms in total. The van der Waals surface area contributed by atoms with E-state index in [0.29, 0.717) is 10.7 Å². The van der Waals surface area contributed by atoms with Gasteiger partial charge in [0.15, 0.2) is 0 Å². The second-order valence-electron chi connectivity index (χ2n) is 7.39. The van der Waals surface area contributed by atoms with Crippen molar-refractivity contribution in [3.05, 3.63) is 34.3 Å². The average molecular weight is 397 g/mol. The summed E-state index contributed by atoms with van der Waals surface area (Å²) >= 11 is 1.30. The second-order valence-corrected chi connectivity index (χ2v) is 10.1. The van der Waals surface area contributed by atoms with Crippen LogP contribution in [0, 0.1) is 6.92 Å². The van der Waals surface area contributed by atoms with Crippen LogP contribution in [0.2, 0.25) is 0 Å². The minimum atomic E-state index is -3.73. The van der Waals surface area contributed by atoms with Gasteiger partial charge in [-0.3, -0.25) is 10.1 Å². The second kappa shape index (κ2) is 7.42. The summed E-state index contributed by atoms with van der Waals surface area (Å²) < 4.78 is 27.6. The Labute approximate surface area is 158 Å². The molecule has 0 aliphatic carbocycles. The van der Waals surface area contributed by atoms with Crippen LogP contribution in [0.1, 0.15) is 61.5 Å². The van der Waals surface area contributed by atoms with Gasteiger partial charge in [0.05, 0.1) is 4.90 Å². The molecule has 1 heterocycles. The van der Waals surface area contributed by atoms with E-state index in [4.69, 9.17) is 0 Å². The first kappa shape index (κ1) is 20.5. The molecule has 1 amide bonds. The van der Waals surface area contributed by atoms with Gasteiger partial charge in [-0.15, -0.1) is 10.2 Å². The average Bonchev–Trinajstić information content (AvgIpc) is 2.93. The predicted octanol–water partition coefficient (Wildman–Crippen LogP) is 3.30. The van der Waals surface area contributed by atoms with Gasteiger partial charge in [-0.25, -0.2) is 13.1 Å². The van der Waals surface area contributed by atoms with E-state index < -0.39 is 21.5 Å². The highest BCUT2D eigenvalue weighted by Gasteiger charge is 2.24. The molecule has 1 aromatic heterocycles. The molecule has 0 bridgehead atoms. The molecule has 26 heavy (non-hydrogen) atoms. The summed E-state index contributed by atoms with van der Waals surface area (Å²) in [5, 5.41) is 11.9. The Morgan fingerprint density at radius 2 is 1.85 bits per heavy atom. The molecule has 2 N–H and O–H groups in total. The van der Waals surface area contributed by atoms with Gasteiger partial charge < -0.3 is 0 Å². The molecule has 0 spiro atoms. The summed E-state index contributed by atoms with van der Waals surface area (Å²) in [5.41, 5.74) is 0.334. The van der Waals surface area contributed by atoms with Gasteiger partial charge in [0, 0.05) is 17.0 Å². The fourth-order valence-corrected chi connectivity index (χ4v) is 4.34. The molecule has 0 aliphatic heterocycles. The lowest BCUT2D eigenvalue weighted by Gasteiger charge is -2.20. The van der Waals surface area contributed by atoms with Crippen LogP contribution in [0.3, 0.4) is 0 Å². The van der Waals surface area contributed by atoms with Crippen molar-refractivity contribution in [2.75, 3.05) is 5.32 Å². The number of carbonyl (C=O) groups excluding carboxylic acids is 1.